The third-order valence-corrected chi connectivity index (χ3v) is 1.60. The van der Waals surface area contributed by atoms with E-state index < -0.39 is 0 Å². The van der Waals surface area contributed by atoms with Crippen molar-refractivity contribution in [3.05, 3.63) is 34.2 Å². The Hall–Kier alpha value is -1.13. The van der Waals surface area contributed by atoms with Crippen molar-refractivity contribution in [3.63, 3.8) is 0 Å². The van der Waals surface area contributed by atoms with Crippen molar-refractivity contribution in [1.29, 1.82) is 0 Å². The Labute approximate surface area is 70.6 Å². The highest BCUT2D eigenvalue weighted by molar-refractivity contribution is 5.09. The third-order valence-electron chi connectivity index (χ3n) is 1.60. The lowest BCUT2D eigenvalue weighted by molar-refractivity contribution is -0.0735. The Morgan fingerprint density at radius 2 is 2.33 bits per heavy atom. The third kappa shape index (κ3) is 1.93. The van der Waals surface area contributed by atoms with Crippen molar-refractivity contribution >= 4 is 0 Å². The number of hydroxylamine groups is 2. The van der Waals surface area contributed by atoms with Gasteiger partial charge in [0.1, 0.15) is 0 Å². The molecule has 0 atom stereocenters. The minimum Gasteiger partial charge on any atom is -0.318 e. The monoisotopic (exact) mass is 168 g/mol. The van der Waals surface area contributed by atoms with Gasteiger partial charge < -0.3 is 9.77 Å². The first kappa shape index (κ1) is 8.96. The molecule has 0 saturated carbocycles. The van der Waals surface area contributed by atoms with E-state index in [0.29, 0.717) is 5.56 Å². The molecule has 1 heterocycles. The van der Waals surface area contributed by atoms with Gasteiger partial charge in [-0.3, -0.25) is 4.79 Å². The zero-order chi connectivity index (χ0) is 9.14. The Balaban J connectivity index is 3.01. The Kier molecular flexibility index (Phi) is 2.62. The number of aromatic nitrogens is 1. The summed E-state index contributed by atoms with van der Waals surface area (Å²) in [4.78, 5) is 11.3. The van der Waals surface area contributed by atoms with Crippen LogP contribution >= 0.6 is 0 Å². The molecule has 0 radical (unpaired) electrons. The molecule has 12 heavy (non-hydrogen) atoms. The van der Waals surface area contributed by atoms with E-state index in [9.17, 15) is 4.79 Å². The summed E-state index contributed by atoms with van der Waals surface area (Å²) < 4.78 is 1.48. The molecule has 66 valence electrons. The van der Waals surface area contributed by atoms with Gasteiger partial charge in [0.15, 0.2) is 0 Å². The molecule has 0 amide bonds. The van der Waals surface area contributed by atoms with Crippen molar-refractivity contribution in [2.75, 3.05) is 7.05 Å². The van der Waals surface area contributed by atoms with Crippen LogP contribution in [-0.2, 0) is 13.6 Å². The van der Waals surface area contributed by atoms with E-state index in [-0.39, 0.29) is 12.1 Å². The summed E-state index contributed by atoms with van der Waals surface area (Å²) in [7, 11) is 3.19. The molecule has 1 aromatic heterocycles. The van der Waals surface area contributed by atoms with Gasteiger partial charge in [0.2, 0.25) is 0 Å². The first-order valence-corrected chi connectivity index (χ1v) is 3.66. The fourth-order valence-electron chi connectivity index (χ4n) is 1.02. The highest BCUT2D eigenvalue weighted by atomic mass is 16.5. The number of nitrogens with zero attached hydrogens (tertiary/aromatic N) is 2. The quantitative estimate of drug-likeness (QED) is 0.642. The fourth-order valence-corrected chi connectivity index (χ4v) is 1.02. The molecule has 0 spiro atoms. The average molecular weight is 168 g/mol. The topological polar surface area (TPSA) is 45.5 Å². The zero-order valence-electron chi connectivity index (χ0n) is 7.19. The molecular formula is C8H12N2O2. The van der Waals surface area contributed by atoms with E-state index in [1.54, 1.807) is 25.4 Å². The van der Waals surface area contributed by atoms with Crippen LogP contribution in [0, 0.1) is 0 Å². The molecule has 0 aromatic carbocycles. The van der Waals surface area contributed by atoms with Gasteiger partial charge in [-0.1, -0.05) is 6.07 Å². The van der Waals surface area contributed by atoms with Crippen molar-refractivity contribution < 1.29 is 5.21 Å². The highest BCUT2D eigenvalue weighted by Crippen LogP contribution is 1.93. The van der Waals surface area contributed by atoms with Crippen molar-refractivity contribution in [2.45, 2.75) is 6.54 Å². The summed E-state index contributed by atoms with van der Waals surface area (Å²) in [6, 6.07) is 3.48. The van der Waals surface area contributed by atoms with Crippen LogP contribution in [0.4, 0.5) is 0 Å². The van der Waals surface area contributed by atoms with Gasteiger partial charge in [0.25, 0.3) is 5.56 Å². The fraction of sp³-hybridized carbons (Fsp3) is 0.375. The molecule has 0 saturated heterocycles. The predicted molar refractivity (Wildman–Crippen MR) is 44.9 cm³/mol. The van der Waals surface area contributed by atoms with Crippen molar-refractivity contribution in [2.24, 2.45) is 7.05 Å². The Bertz CT molecular complexity index is 317. The van der Waals surface area contributed by atoms with E-state index in [4.69, 9.17) is 5.21 Å². The predicted octanol–water partition coefficient (Wildman–Crippen LogP) is 0.206. The van der Waals surface area contributed by atoms with Gasteiger partial charge in [-0.15, -0.1) is 0 Å². The van der Waals surface area contributed by atoms with E-state index in [2.05, 4.69) is 0 Å². The molecule has 1 aromatic rings. The van der Waals surface area contributed by atoms with Crippen molar-refractivity contribution in [1.82, 2.24) is 9.63 Å². The van der Waals surface area contributed by atoms with Crippen LogP contribution in [0.25, 0.3) is 0 Å². The lowest BCUT2D eigenvalue weighted by Crippen LogP contribution is -2.24. The first-order valence-electron chi connectivity index (χ1n) is 3.66. The molecule has 1 N–H and O–H groups in total. The smallest absolute Gasteiger partial charge is 0.254 e. The van der Waals surface area contributed by atoms with Crippen LogP contribution in [0.1, 0.15) is 5.56 Å². The molecule has 0 bridgehead atoms. The summed E-state index contributed by atoms with van der Waals surface area (Å²) in [5.74, 6) is 0. The van der Waals surface area contributed by atoms with Gasteiger partial charge in [-0.05, 0) is 6.07 Å². The van der Waals surface area contributed by atoms with E-state index in [1.165, 1.54) is 11.6 Å². The minimum atomic E-state index is -0.0709. The second kappa shape index (κ2) is 3.51. The maximum absolute atomic E-state index is 11.3. The molecule has 0 aliphatic carbocycles. The second-order valence-corrected chi connectivity index (χ2v) is 2.77. The Morgan fingerprint density at radius 1 is 1.67 bits per heavy atom. The highest BCUT2D eigenvalue weighted by Gasteiger charge is 2.01. The summed E-state index contributed by atoms with van der Waals surface area (Å²) in [6.45, 7) is 0.257. The molecule has 1 rings (SSSR count). The summed E-state index contributed by atoms with van der Waals surface area (Å²) in [6.07, 6.45) is 1.68. The van der Waals surface area contributed by atoms with E-state index in [1.807, 2.05) is 0 Å². The van der Waals surface area contributed by atoms with Gasteiger partial charge in [-0.25, -0.2) is 0 Å². The van der Waals surface area contributed by atoms with E-state index in [0.717, 1.165) is 5.06 Å². The number of rotatable bonds is 2. The summed E-state index contributed by atoms with van der Waals surface area (Å²) in [5.41, 5.74) is 0.517. The summed E-state index contributed by atoms with van der Waals surface area (Å²) >= 11 is 0. The van der Waals surface area contributed by atoms with Crippen LogP contribution in [-0.4, -0.2) is 21.9 Å². The maximum Gasteiger partial charge on any atom is 0.254 e. The molecule has 4 nitrogen and oxygen atoms in total. The Morgan fingerprint density at radius 3 is 2.92 bits per heavy atom. The van der Waals surface area contributed by atoms with Crippen LogP contribution in [0.5, 0.6) is 0 Å². The lowest BCUT2D eigenvalue weighted by Gasteiger charge is -2.07. The first-order chi connectivity index (χ1) is 5.61. The van der Waals surface area contributed by atoms with E-state index >= 15 is 0 Å². The van der Waals surface area contributed by atoms with Crippen LogP contribution in [0.3, 0.4) is 0 Å². The van der Waals surface area contributed by atoms with Crippen molar-refractivity contribution in [3.8, 4) is 0 Å². The average Bonchev–Trinajstić information content (AvgIpc) is 1.98. The molecule has 0 aliphatic rings. The largest absolute Gasteiger partial charge is 0.318 e. The number of hydrogen-bond donors (Lipinski definition) is 1. The van der Waals surface area contributed by atoms with Crippen LogP contribution in [0.2, 0.25) is 0 Å². The number of pyridine rings is 1. The number of hydrogen-bond acceptors (Lipinski definition) is 3. The normalized spacial score (nSPS) is 10.7. The van der Waals surface area contributed by atoms with Gasteiger partial charge in [-0.2, -0.15) is 5.06 Å². The second-order valence-electron chi connectivity index (χ2n) is 2.77. The van der Waals surface area contributed by atoms with Crippen LogP contribution < -0.4 is 5.56 Å². The number of aryl methyl sites for hydroxylation is 1. The van der Waals surface area contributed by atoms with Gasteiger partial charge >= 0.3 is 0 Å². The van der Waals surface area contributed by atoms with Crippen LogP contribution in [0.15, 0.2) is 23.1 Å². The molecule has 0 unspecified atom stereocenters. The molecular weight excluding hydrogens is 156 g/mol. The SMILES string of the molecule is CN(O)Cc1cccn(C)c1=O. The minimum absolute atomic E-state index is 0.0709. The zero-order valence-corrected chi connectivity index (χ0v) is 7.19. The van der Waals surface area contributed by atoms with Gasteiger partial charge in [0.05, 0.1) is 6.54 Å². The molecule has 0 fully saturated rings. The standard InChI is InChI=1S/C8H12N2O2/c1-9-5-3-4-7(8(9)11)6-10(2)12/h3-5,12H,6H2,1-2H3. The van der Waals surface area contributed by atoms with Gasteiger partial charge in [0, 0.05) is 25.9 Å². The molecule has 0 aliphatic heterocycles. The lowest BCUT2D eigenvalue weighted by atomic mass is 10.3. The maximum atomic E-state index is 11.3. The summed E-state index contributed by atoms with van der Waals surface area (Å²) in [5, 5.41) is 9.89. The molecule has 4 heteroatoms.